The van der Waals surface area contributed by atoms with Gasteiger partial charge in [-0.1, -0.05) is 60.7 Å². The van der Waals surface area contributed by atoms with Crippen LogP contribution in [0.5, 0.6) is 0 Å². The van der Waals surface area contributed by atoms with Gasteiger partial charge in [-0.15, -0.1) is 0 Å². The lowest BCUT2D eigenvalue weighted by Crippen LogP contribution is -2.38. The van der Waals surface area contributed by atoms with Crippen LogP contribution in [0.2, 0.25) is 0 Å². The monoisotopic (exact) mass is 387 g/mol. The molecule has 0 aromatic heterocycles. The molecule has 0 saturated carbocycles. The predicted molar refractivity (Wildman–Crippen MR) is 113 cm³/mol. The summed E-state index contributed by atoms with van der Waals surface area (Å²) < 4.78 is 24.5. The quantitative estimate of drug-likeness (QED) is 0.393. The third-order valence-corrected chi connectivity index (χ3v) is 5.79. The van der Waals surface area contributed by atoms with E-state index in [4.69, 9.17) is 0 Å². The molecule has 0 bridgehead atoms. The number of rotatable bonds is 9. The molecule has 1 unspecified atom stereocenters. The van der Waals surface area contributed by atoms with E-state index in [2.05, 4.69) is 34.7 Å². The molecule has 5 nitrogen and oxygen atoms in total. The van der Waals surface area contributed by atoms with Crippen LogP contribution < -0.4 is 10.6 Å². The summed E-state index contributed by atoms with van der Waals surface area (Å²) in [6, 6.07) is 19.5. The Bertz CT molecular complexity index is 806. The maximum Gasteiger partial charge on any atom is 0.191 e. The summed E-state index contributed by atoms with van der Waals surface area (Å²) in [4.78, 5) is 4.52. The van der Waals surface area contributed by atoms with Gasteiger partial charge in [-0.05, 0) is 31.4 Å². The Labute approximate surface area is 162 Å². The number of guanidine groups is 1. The number of hydrogen-bond donors (Lipinski definition) is 2. The number of sulfone groups is 1. The first-order valence-corrected chi connectivity index (χ1v) is 11.2. The summed E-state index contributed by atoms with van der Waals surface area (Å²) in [6.07, 6.45) is 0.505. The number of nitrogens with zero attached hydrogens (tertiary/aromatic N) is 1. The molecule has 0 saturated heterocycles. The van der Waals surface area contributed by atoms with Gasteiger partial charge in [0.1, 0.15) is 0 Å². The molecule has 1 atom stereocenters. The predicted octanol–water partition coefficient (Wildman–Crippen LogP) is 3.31. The molecular weight excluding hydrogens is 358 g/mol. The van der Waals surface area contributed by atoms with E-state index in [1.54, 1.807) is 0 Å². The highest BCUT2D eigenvalue weighted by atomic mass is 32.2. The van der Waals surface area contributed by atoms with Crippen LogP contribution in [0.15, 0.2) is 65.7 Å². The molecule has 0 radical (unpaired) electrons. The van der Waals surface area contributed by atoms with Crippen molar-refractivity contribution in [3.63, 3.8) is 0 Å². The van der Waals surface area contributed by atoms with Gasteiger partial charge in [-0.25, -0.2) is 8.42 Å². The Kier molecular flexibility index (Phi) is 8.33. The molecular formula is C21H29N3O2S. The van der Waals surface area contributed by atoms with Crippen molar-refractivity contribution >= 4 is 15.8 Å². The van der Waals surface area contributed by atoms with Crippen molar-refractivity contribution < 1.29 is 8.42 Å². The number of aliphatic imine (C=N–C) groups is 1. The lowest BCUT2D eigenvalue weighted by Gasteiger charge is -2.18. The van der Waals surface area contributed by atoms with Crippen LogP contribution in [0.1, 0.15) is 37.4 Å². The Hall–Kier alpha value is -2.34. The van der Waals surface area contributed by atoms with Crippen molar-refractivity contribution in [3.8, 4) is 0 Å². The summed E-state index contributed by atoms with van der Waals surface area (Å²) in [5, 5.41) is 6.57. The fourth-order valence-electron chi connectivity index (χ4n) is 2.73. The Balaban J connectivity index is 1.85. The summed E-state index contributed by atoms with van der Waals surface area (Å²) in [6.45, 7) is 5.30. The molecule has 6 heteroatoms. The highest BCUT2D eigenvalue weighted by Gasteiger charge is 2.12. The minimum absolute atomic E-state index is 0.0842. The Morgan fingerprint density at radius 1 is 1.04 bits per heavy atom. The maximum atomic E-state index is 12.3. The highest BCUT2D eigenvalue weighted by molar-refractivity contribution is 7.90. The second-order valence-electron chi connectivity index (χ2n) is 6.47. The van der Waals surface area contributed by atoms with Gasteiger partial charge in [-0.2, -0.15) is 0 Å². The van der Waals surface area contributed by atoms with E-state index in [-0.39, 0.29) is 17.5 Å². The van der Waals surface area contributed by atoms with E-state index < -0.39 is 9.84 Å². The van der Waals surface area contributed by atoms with E-state index >= 15 is 0 Å². The zero-order valence-electron chi connectivity index (χ0n) is 16.1. The van der Waals surface area contributed by atoms with Crippen LogP contribution in [0.25, 0.3) is 0 Å². The Morgan fingerprint density at radius 2 is 1.67 bits per heavy atom. The molecule has 2 rings (SSSR count). The van der Waals surface area contributed by atoms with Crippen LogP contribution in [0.4, 0.5) is 0 Å². The van der Waals surface area contributed by atoms with Crippen LogP contribution in [0.3, 0.4) is 0 Å². The molecule has 0 aliphatic rings. The first kappa shape index (κ1) is 21.0. The van der Waals surface area contributed by atoms with E-state index in [0.29, 0.717) is 18.9 Å². The van der Waals surface area contributed by atoms with E-state index in [0.717, 1.165) is 12.1 Å². The van der Waals surface area contributed by atoms with Crippen molar-refractivity contribution in [2.75, 3.05) is 18.8 Å². The molecule has 0 aliphatic carbocycles. The SMILES string of the molecule is CCNC(=NCCCS(=O)(=O)Cc1ccccc1)NC(C)c1ccccc1. The fraction of sp³-hybridized carbons (Fsp3) is 0.381. The fourth-order valence-corrected chi connectivity index (χ4v) is 4.14. The standard InChI is InChI=1S/C21H29N3O2S/c1-3-22-21(24-18(2)20-13-8-5-9-14-20)23-15-10-16-27(25,26)17-19-11-6-4-7-12-19/h4-9,11-14,18H,3,10,15-17H2,1-2H3,(H2,22,23,24). The molecule has 146 valence electrons. The first-order chi connectivity index (χ1) is 13.0. The van der Waals surface area contributed by atoms with Gasteiger partial charge in [0, 0.05) is 13.1 Å². The highest BCUT2D eigenvalue weighted by Crippen LogP contribution is 2.11. The maximum absolute atomic E-state index is 12.3. The van der Waals surface area contributed by atoms with Gasteiger partial charge in [0.05, 0.1) is 17.5 Å². The van der Waals surface area contributed by atoms with Gasteiger partial charge in [0.25, 0.3) is 0 Å². The minimum Gasteiger partial charge on any atom is -0.357 e. The molecule has 0 spiro atoms. The zero-order valence-corrected chi connectivity index (χ0v) is 16.9. The van der Waals surface area contributed by atoms with Crippen LogP contribution in [-0.4, -0.2) is 33.2 Å². The van der Waals surface area contributed by atoms with Gasteiger partial charge < -0.3 is 10.6 Å². The second kappa shape index (κ2) is 10.7. The summed E-state index contributed by atoms with van der Waals surface area (Å²) in [5.41, 5.74) is 2.00. The normalized spacial score (nSPS) is 13.2. The van der Waals surface area contributed by atoms with Crippen LogP contribution in [-0.2, 0) is 15.6 Å². The zero-order chi connectivity index (χ0) is 19.5. The van der Waals surface area contributed by atoms with Crippen LogP contribution in [0, 0.1) is 0 Å². The van der Waals surface area contributed by atoms with E-state index in [9.17, 15) is 8.42 Å². The van der Waals surface area contributed by atoms with Crippen LogP contribution >= 0.6 is 0 Å². The second-order valence-corrected chi connectivity index (χ2v) is 8.65. The summed E-state index contributed by atoms with van der Waals surface area (Å²) in [7, 11) is -3.12. The third kappa shape index (κ3) is 7.83. The van der Waals surface area contributed by atoms with Crippen molar-refractivity contribution in [2.45, 2.75) is 32.1 Å². The lowest BCUT2D eigenvalue weighted by molar-refractivity contribution is 0.592. The first-order valence-electron chi connectivity index (χ1n) is 9.34. The van der Waals surface area contributed by atoms with Gasteiger partial charge in [0.2, 0.25) is 0 Å². The van der Waals surface area contributed by atoms with E-state index in [1.165, 1.54) is 5.56 Å². The molecule has 0 amide bonds. The molecule has 2 N–H and O–H groups in total. The third-order valence-electron chi connectivity index (χ3n) is 4.11. The number of benzene rings is 2. The summed E-state index contributed by atoms with van der Waals surface area (Å²) in [5.74, 6) is 0.925. The van der Waals surface area contributed by atoms with Gasteiger partial charge >= 0.3 is 0 Å². The number of hydrogen-bond acceptors (Lipinski definition) is 3. The number of nitrogens with one attached hydrogen (secondary N) is 2. The molecule has 2 aromatic carbocycles. The largest absolute Gasteiger partial charge is 0.357 e. The molecule has 0 fully saturated rings. The van der Waals surface area contributed by atoms with Gasteiger partial charge in [0.15, 0.2) is 15.8 Å². The van der Waals surface area contributed by atoms with Crippen molar-refractivity contribution in [1.29, 1.82) is 0 Å². The topological polar surface area (TPSA) is 70.6 Å². The summed E-state index contributed by atoms with van der Waals surface area (Å²) >= 11 is 0. The van der Waals surface area contributed by atoms with Crippen molar-refractivity contribution in [2.24, 2.45) is 4.99 Å². The minimum atomic E-state index is -3.12. The molecule has 2 aromatic rings. The molecule has 0 heterocycles. The average Bonchev–Trinajstić information content (AvgIpc) is 2.66. The van der Waals surface area contributed by atoms with Crippen molar-refractivity contribution in [3.05, 3.63) is 71.8 Å². The molecule has 0 aliphatic heterocycles. The smallest absolute Gasteiger partial charge is 0.191 e. The van der Waals surface area contributed by atoms with E-state index in [1.807, 2.05) is 55.5 Å². The van der Waals surface area contributed by atoms with Gasteiger partial charge in [-0.3, -0.25) is 4.99 Å². The average molecular weight is 388 g/mol. The molecule has 27 heavy (non-hydrogen) atoms. The van der Waals surface area contributed by atoms with Crippen molar-refractivity contribution in [1.82, 2.24) is 10.6 Å². The lowest BCUT2D eigenvalue weighted by atomic mass is 10.1. The Morgan fingerprint density at radius 3 is 2.30 bits per heavy atom.